The van der Waals surface area contributed by atoms with Crippen molar-refractivity contribution in [2.45, 2.75) is 25.4 Å². The highest BCUT2D eigenvalue weighted by Crippen LogP contribution is 2.33. The highest BCUT2D eigenvalue weighted by molar-refractivity contribution is 5.16. The first-order chi connectivity index (χ1) is 8.34. The second kappa shape index (κ2) is 4.51. The highest BCUT2D eigenvalue weighted by atomic mass is 16.7. The van der Waals surface area contributed by atoms with Gasteiger partial charge in [-0.3, -0.25) is 0 Å². The molecule has 1 aromatic carbocycles. The first-order valence-electron chi connectivity index (χ1n) is 5.99. The average Bonchev–Trinajstić information content (AvgIpc) is 2.40. The predicted octanol–water partition coefficient (Wildman–Crippen LogP) is 2.65. The van der Waals surface area contributed by atoms with E-state index in [0.717, 1.165) is 5.56 Å². The summed E-state index contributed by atoms with van der Waals surface area (Å²) in [5.74, 6) is 0.365. The Hall–Kier alpha value is -1.32. The summed E-state index contributed by atoms with van der Waals surface area (Å²) >= 11 is 0. The molecule has 3 rings (SSSR count). The van der Waals surface area contributed by atoms with Gasteiger partial charge in [-0.1, -0.05) is 37.3 Å². The van der Waals surface area contributed by atoms with Crippen LogP contribution < -0.4 is 0 Å². The topological polar surface area (TPSA) is 27.7 Å². The van der Waals surface area contributed by atoms with E-state index in [4.69, 9.17) is 14.2 Å². The van der Waals surface area contributed by atoms with Crippen LogP contribution in [-0.4, -0.2) is 18.8 Å². The van der Waals surface area contributed by atoms with Crippen LogP contribution in [-0.2, 0) is 14.2 Å². The van der Waals surface area contributed by atoms with E-state index in [1.165, 1.54) is 0 Å². The minimum Gasteiger partial charge on any atom is -0.493 e. The van der Waals surface area contributed by atoms with Gasteiger partial charge in [0.1, 0.15) is 12.2 Å². The molecule has 17 heavy (non-hydrogen) atoms. The summed E-state index contributed by atoms with van der Waals surface area (Å²) in [5.41, 5.74) is 1.06. The number of rotatable bonds is 1. The molecular weight excluding hydrogens is 216 g/mol. The molecule has 0 spiro atoms. The van der Waals surface area contributed by atoms with Crippen LogP contribution in [0.25, 0.3) is 0 Å². The lowest BCUT2D eigenvalue weighted by Crippen LogP contribution is -2.46. The van der Waals surface area contributed by atoms with Gasteiger partial charge in [0.05, 0.1) is 12.9 Å². The molecule has 2 unspecified atom stereocenters. The SMILES string of the molecule is C[C@@H]1C=COC2COC(c3ccccc3)O[C@H]21. The predicted molar refractivity (Wildman–Crippen MR) is 63.2 cm³/mol. The maximum absolute atomic E-state index is 5.99. The molecule has 1 saturated heterocycles. The zero-order chi connectivity index (χ0) is 11.7. The molecule has 3 nitrogen and oxygen atoms in total. The summed E-state index contributed by atoms with van der Waals surface area (Å²) in [4.78, 5) is 0. The lowest BCUT2D eigenvalue weighted by Gasteiger charge is -2.40. The summed E-state index contributed by atoms with van der Waals surface area (Å²) in [6, 6.07) is 10.0. The smallest absolute Gasteiger partial charge is 0.184 e. The zero-order valence-electron chi connectivity index (χ0n) is 9.78. The zero-order valence-corrected chi connectivity index (χ0v) is 9.78. The van der Waals surface area contributed by atoms with Gasteiger partial charge < -0.3 is 14.2 Å². The van der Waals surface area contributed by atoms with Crippen molar-refractivity contribution in [3.63, 3.8) is 0 Å². The molecule has 4 atom stereocenters. The maximum atomic E-state index is 5.99. The van der Waals surface area contributed by atoms with Gasteiger partial charge in [0.2, 0.25) is 0 Å². The molecule has 0 saturated carbocycles. The number of hydrogen-bond donors (Lipinski definition) is 0. The highest BCUT2D eigenvalue weighted by Gasteiger charge is 2.38. The van der Waals surface area contributed by atoms with Crippen molar-refractivity contribution in [1.82, 2.24) is 0 Å². The first-order valence-corrected chi connectivity index (χ1v) is 5.99. The minimum atomic E-state index is -0.269. The number of fused-ring (bicyclic) bond motifs is 1. The van der Waals surface area contributed by atoms with Crippen molar-refractivity contribution in [3.05, 3.63) is 48.2 Å². The van der Waals surface area contributed by atoms with Crippen molar-refractivity contribution in [2.24, 2.45) is 5.92 Å². The maximum Gasteiger partial charge on any atom is 0.184 e. The molecule has 2 heterocycles. The fourth-order valence-corrected chi connectivity index (χ4v) is 2.29. The Balaban J connectivity index is 1.77. The van der Waals surface area contributed by atoms with Gasteiger partial charge >= 0.3 is 0 Å². The van der Waals surface area contributed by atoms with E-state index in [0.29, 0.717) is 12.5 Å². The molecule has 0 N–H and O–H groups in total. The van der Waals surface area contributed by atoms with E-state index in [-0.39, 0.29) is 18.5 Å². The fraction of sp³-hybridized carbons (Fsp3) is 0.429. The molecular formula is C14H16O3. The van der Waals surface area contributed by atoms with Crippen molar-refractivity contribution < 1.29 is 14.2 Å². The van der Waals surface area contributed by atoms with Crippen LogP contribution in [0.1, 0.15) is 18.8 Å². The van der Waals surface area contributed by atoms with Crippen LogP contribution in [0.15, 0.2) is 42.7 Å². The normalized spacial score (nSPS) is 36.1. The van der Waals surface area contributed by atoms with E-state index in [9.17, 15) is 0 Å². The average molecular weight is 232 g/mol. The lowest BCUT2D eigenvalue weighted by atomic mass is 9.97. The number of hydrogen-bond acceptors (Lipinski definition) is 3. The molecule has 3 heteroatoms. The molecule has 2 aliphatic heterocycles. The minimum absolute atomic E-state index is 0.0231. The van der Waals surface area contributed by atoms with Crippen molar-refractivity contribution >= 4 is 0 Å². The largest absolute Gasteiger partial charge is 0.493 e. The summed E-state index contributed by atoms with van der Waals surface area (Å²) in [5, 5.41) is 0. The quantitative estimate of drug-likeness (QED) is 0.745. The van der Waals surface area contributed by atoms with Crippen molar-refractivity contribution in [3.8, 4) is 0 Å². The molecule has 0 radical (unpaired) electrons. The van der Waals surface area contributed by atoms with Gasteiger partial charge in [0, 0.05) is 11.5 Å². The third kappa shape index (κ3) is 2.08. The molecule has 2 aliphatic rings. The fourth-order valence-electron chi connectivity index (χ4n) is 2.29. The summed E-state index contributed by atoms with van der Waals surface area (Å²) < 4.78 is 17.2. The Kier molecular flexibility index (Phi) is 2.87. The Morgan fingerprint density at radius 2 is 2.00 bits per heavy atom. The van der Waals surface area contributed by atoms with Crippen molar-refractivity contribution in [2.75, 3.05) is 6.61 Å². The monoisotopic (exact) mass is 232 g/mol. The van der Waals surface area contributed by atoms with Gasteiger partial charge in [-0.15, -0.1) is 0 Å². The standard InChI is InChI=1S/C14H16O3/c1-10-7-8-15-12-9-16-14(17-13(10)12)11-5-3-2-4-6-11/h2-8,10,12-14H,9H2,1H3/t10-,12?,13+,14?/m1/s1. The van der Waals surface area contributed by atoms with E-state index >= 15 is 0 Å². The third-order valence-corrected chi connectivity index (χ3v) is 3.28. The molecule has 90 valence electrons. The van der Waals surface area contributed by atoms with Gasteiger partial charge in [-0.2, -0.15) is 0 Å². The second-order valence-electron chi connectivity index (χ2n) is 4.54. The molecule has 1 aromatic rings. The Morgan fingerprint density at radius 1 is 1.18 bits per heavy atom. The van der Waals surface area contributed by atoms with E-state index in [1.54, 1.807) is 6.26 Å². The van der Waals surface area contributed by atoms with Crippen LogP contribution in [0.3, 0.4) is 0 Å². The molecule has 0 bridgehead atoms. The van der Waals surface area contributed by atoms with Gasteiger partial charge in [0.15, 0.2) is 6.29 Å². The second-order valence-corrected chi connectivity index (χ2v) is 4.54. The van der Waals surface area contributed by atoms with Gasteiger partial charge in [-0.05, 0) is 6.08 Å². The first kappa shape index (κ1) is 10.8. The Labute approximate surface area is 101 Å². The molecule has 0 aromatic heterocycles. The van der Waals surface area contributed by atoms with Crippen LogP contribution in [0.2, 0.25) is 0 Å². The Bertz CT molecular complexity index is 401. The summed E-state index contributed by atoms with van der Waals surface area (Å²) in [6.07, 6.45) is 3.62. The lowest BCUT2D eigenvalue weighted by molar-refractivity contribution is -0.268. The van der Waals surface area contributed by atoms with Crippen LogP contribution >= 0.6 is 0 Å². The molecule has 0 aliphatic carbocycles. The van der Waals surface area contributed by atoms with E-state index < -0.39 is 0 Å². The van der Waals surface area contributed by atoms with Crippen molar-refractivity contribution in [1.29, 1.82) is 0 Å². The molecule has 0 amide bonds. The van der Waals surface area contributed by atoms with Gasteiger partial charge in [0.25, 0.3) is 0 Å². The van der Waals surface area contributed by atoms with E-state index in [1.807, 2.05) is 36.4 Å². The number of benzene rings is 1. The van der Waals surface area contributed by atoms with Crippen LogP contribution in [0.4, 0.5) is 0 Å². The number of ether oxygens (including phenoxy) is 3. The van der Waals surface area contributed by atoms with E-state index in [2.05, 4.69) is 6.92 Å². The summed E-state index contributed by atoms with van der Waals surface area (Å²) in [7, 11) is 0. The van der Waals surface area contributed by atoms with Crippen LogP contribution in [0.5, 0.6) is 0 Å². The third-order valence-electron chi connectivity index (χ3n) is 3.28. The van der Waals surface area contributed by atoms with Gasteiger partial charge in [-0.25, -0.2) is 0 Å². The Morgan fingerprint density at radius 3 is 2.82 bits per heavy atom. The van der Waals surface area contributed by atoms with Crippen LogP contribution in [0, 0.1) is 5.92 Å². The summed E-state index contributed by atoms with van der Waals surface area (Å²) in [6.45, 7) is 2.73. The molecule has 1 fully saturated rings.